The molecule has 4 aromatic carbocycles. The molecule has 0 atom stereocenters. The van der Waals surface area contributed by atoms with E-state index in [1.807, 2.05) is 90.1 Å². The van der Waals surface area contributed by atoms with E-state index in [4.69, 9.17) is 9.47 Å². The number of fused-ring (bicyclic) bond motifs is 3. The Balaban J connectivity index is 0.000000205. The minimum absolute atomic E-state index is 0.0696. The number of Topliss-reactive ketones (excluding diaryl/α,β-unsaturated/α-hetero) is 2. The first-order chi connectivity index (χ1) is 23.1. The topological polar surface area (TPSA) is 93.2 Å². The molecular weight excluding hydrogens is 684 g/mol. The quantitative estimate of drug-likeness (QED) is 0.195. The summed E-state index contributed by atoms with van der Waals surface area (Å²) in [5.41, 5.74) is 4.61. The van der Waals surface area contributed by atoms with Crippen LogP contribution in [0.4, 0.5) is 21.0 Å². The van der Waals surface area contributed by atoms with E-state index in [9.17, 15) is 19.2 Å². The zero-order valence-electron chi connectivity index (χ0n) is 29.0. The van der Waals surface area contributed by atoms with E-state index < -0.39 is 23.4 Å². The molecule has 0 unspecified atom stereocenters. The first-order valence-electron chi connectivity index (χ1n) is 16.5. The molecule has 0 fully saturated rings. The Morgan fingerprint density at radius 1 is 0.633 bits per heavy atom. The van der Waals surface area contributed by atoms with Crippen molar-refractivity contribution in [2.45, 2.75) is 77.3 Å². The van der Waals surface area contributed by atoms with Crippen molar-refractivity contribution in [3.63, 3.8) is 0 Å². The highest BCUT2D eigenvalue weighted by molar-refractivity contribution is 9.08. The van der Waals surface area contributed by atoms with Gasteiger partial charge in [-0.05, 0) is 99.7 Å². The summed E-state index contributed by atoms with van der Waals surface area (Å²) in [6.45, 7) is 11.7. The number of carbonyl (C=O) groups is 4. The fourth-order valence-corrected chi connectivity index (χ4v) is 6.16. The van der Waals surface area contributed by atoms with E-state index in [0.29, 0.717) is 53.8 Å². The lowest BCUT2D eigenvalue weighted by Crippen LogP contribution is -2.41. The number of carbonyl (C=O) groups excluding carboxylic acids is 4. The molecular formula is C40H43BrN2O6. The van der Waals surface area contributed by atoms with Gasteiger partial charge in [-0.15, -0.1) is 0 Å². The Labute approximate surface area is 296 Å². The highest BCUT2D eigenvalue weighted by atomic mass is 79.9. The Kier molecular flexibility index (Phi) is 10.6. The molecule has 49 heavy (non-hydrogen) atoms. The fraction of sp³-hybridized carbons (Fsp3) is 0.350. The molecule has 2 aliphatic heterocycles. The summed E-state index contributed by atoms with van der Waals surface area (Å²) in [7, 11) is 0. The predicted octanol–water partition coefficient (Wildman–Crippen LogP) is 9.67. The van der Waals surface area contributed by atoms with Gasteiger partial charge in [0.2, 0.25) is 0 Å². The molecule has 2 heterocycles. The number of anilines is 2. The Morgan fingerprint density at radius 3 is 1.59 bits per heavy atom. The summed E-state index contributed by atoms with van der Waals surface area (Å²) in [5, 5.41) is 3.10. The molecule has 0 bridgehead atoms. The van der Waals surface area contributed by atoms with E-state index in [2.05, 4.69) is 46.3 Å². The maximum absolute atomic E-state index is 12.6. The number of amides is 2. The summed E-state index contributed by atoms with van der Waals surface area (Å²) < 4.78 is 10.9. The van der Waals surface area contributed by atoms with Crippen LogP contribution in [-0.4, -0.2) is 48.0 Å². The average Bonchev–Trinajstić information content (AvgIpc) is 3.04. The van der Waals surface area contributed by atoms with Gasteiger partial charge in [0.15, 0.2) is 11.6 Å². The molecule has 256 valence electrons. The van der Waals surface area contributed by atoms with Crippen molar-refractivity contribution in [2.24, 2.45) is 0 Å². The van der Waals surface area contributed by atoms with Crippen molar-refractivity contribution < 1.29 is 28.7 Å². The van der Waals surface area contributed by atoms with E-state index >= 15 is 0 Å². The number of nitrogens with zero attached hydrogens (tertiary/aromatic N) is 2. The number of halogens is 1. The Hall–Kier alpha value is -4.50. The van der Waals surface area contributed by atoms with Crippen molar-refractivity contribution in [1.82, 2.24) is 0 Å². The van der Waals surface area contributed by atoms with Gasteiger partial charge < -0.3 is 9.47 Å². The molecule has 9 heteroatoms. The van der Waals surface area contributed by atoms with Gasteiger partial charge in [0.05, 0.1) is 11.4 Å². The molecule has 2 amide bonds. The normalized spacial score (nSPS) is 14.4. The lowest BCUT2D eigenvalue weighted by molar-refractivity contribution is 0.0564. The summed E-state index contributed by atoms with van der Waals surface area (Å²) in [5.74, 6) is 0.141. The van der Waals surface area contributed by atoms with Gasteiger partial charge in [-0.3, -0.25) is 19.4 Å². The van der Waals surface area contributed by atoms with Crippen molar-refractivity contribution >= 4 is 61.8 Å². The zero-order valence-corrected chi connectivity index (χ0v) is 30.6. The second-order valence-electron chi connectivity index (χ2n) is 14.3. The second kappa shape index (κ2) is 14.5. The van der Waals surface area contributed by atoms with Gasteiger partial charge in [-0.1, -0.05) is 70.5 Å². The number of alkyl halides is 1. The van der Waals surface area contributed by atoms with Crippen LogP contribution in [0, 0.1) is 0 Å². The molecule has 0 radical (unpaired) electrons. The first kappa shape index (κ1) is 35.8. The highest BCUT2D eigenvalue weighted by Gasteiger charge is 2.32. The maximum Gasteiger partial charge on any atom is 0.414 e. The molecule has 0 aliphatic carbocycles. The van der Waals surface area contributed by atoms with Crippen LogP contribution in [0.15, 0.2) is 78.9 Å². The lowest BCUT2D eigenvalue weighted by Gasteiger charge is -2.31. The zero-order chi connectivity index (χ0) is 35.5. The van der Waals surface area contributed by atoms with E-state index in [1.165, 1.54) is 16.3 Å². The van der Waals surface area contributed by atoms with E-state index in [1.54, 1.807) is 9.80 Å². The van der Waals surface area contributed by atoms with Gasteiger partial charge >= 0.3 is 12.2 Å². The molecule has 0 saturated heterocycles. The number of hydrogen-bond donors (Lipinski definition) is 0. The Morgan fingerprint density at radius 2 is 1.08 bits per heavy atom. The number of benzene rings is 4. The SMILES string of the molecule is CC(C)(C)OC(=O)N1CCC(=O)c2cc(CBr)ccc21.CC(C)(C)OC(=O)N1CCC(=O)c2cc(Cc3ccc4ccccc4c3)ccc21. The summed E-state index contributed by atoms with van der Waals surface area (Å²) >= 11 is 3.37. The summed E-state index contributed by atoms with van der Waals surface area (Å²) in [6.07, 6.45) is 0.563. The lowest BCUT2D eigenvalue weighted by atomic mass is 9.95. The van der Waals surface area contributed by atoms with Crippen LogP contribution >= 0.6 is 15.9 Å². The average molecular weight is 728 g/mol. The van der Waals surface area contributed by atoms with Crippen molar-refractivity contribution in [3.8, 4) is 0 Å². The Bertz CT molecular complexity index is 1910. The number of rotatable bonds is 3. The van der Waals surface area contributed by atoms with Crippen LogP contribution < -0.4 is 9.80 Å². The maximum atomic E-state index is 12.6. The molecule has 2 aliphatic rings. The van der Waals surface area contributed by atoms with Gasteiger partial charge in [0, 0.05) is 42.4 Å². The van der Waals surface area contributed by atoms with Crippen molar-refractivity contribution in [3.05, 3.63) is 107 Å². The number of ether oxygens (including phenoxy) is 2. The second-order valence-corrected chi connectivity index (χ2v) is 14.9. The summed E-state index contributed by atoms with van der Waals surface area (Å²) in [4.78, 5) is 52.5. The largest absolute Gasteiger partial charge is 0.443 e. The third kappa shape index (κ3) is 8.95. The molecule has 0 N–H and O–H groups in total. The van der Waals surface area contributed by atoms with Gasteiger partial charge in [-0.25, -0.2) is 9.59 Å². The van der Waals surface area contributed by atoms with Gasteiger partial charge in [0.1, 0.15) is 11.2 Å². The molecule has 4 aromatic rings. The monoisotopic (exact) mass is 726 g/mol. The summed E-state index contributed by atoms with van der Waals surface area (Å²) in [6, 6.07) is 26.0. The van der Waals surface area contributed by atoms with E-state index in [0.717, 1.165) is 17.5 Å². The minimum Gasteiger partial charge on any atom is -0.443 e. The van der Waals surface area contributed by atoms with Crippen LogP contribution in [0.1, 0.15) is 91.8 Å². The van der Waals surface area contributed by atoms with Crippen LogP contribution in [-0.2, 0) is 21.2 Å². The number of hydrogen-bond acceptors (Lipinski definition) is 6. The smallest absolute Gasteiger partial charge is 0.414 e. The molecule has 0 saturated carbocycles. The van der Waals surface area contributed by atoms with Crippen molar-refractivity contribution in [2.75, 3.05) is 22.9 Å². The minimum atomic E-state index is -0.575. The molecule has 0 aromatic heterocycles. The van der Waals surface area contributed by atoms with Crippen LogP contribution in [0.25, 0.3) is 10.8 Å². The first-order valence-corrected chi connectivity index (χ1v) is 17.6. The highest BCUT2D eigenvalue weighted by Crippen LogP contribution is 2.32. The van der Waals surface area contributed by atoms with Crippen LogP contribution in [0.2, 0.25) is 0 Å². The van der Waals surface area contributed by atoms with Crippen LogP contribution in [0.3, 0.4) is 0 Å². The third-order valence-corrected chi connectivity index (χ3v) is 8.68. The molecule has 8 nitrogen and oxygen atoms in total. The van der Waals surface area contributed by atoms with E-state index in [-0.39, 0.29) is 11.6 Å². The predicted molar refractivity (Wildman–Crippen MR) is 197 cm³/mol. The van der Waals surface area contributed by atoms with Crippen LogP contribution in [0.5, 0.6) is 0 Å². The fourth-order valence-electron chi connectivity index (χ4n) is 5.81. The van der Waals surface area contributed by atoms with Crippen molar-refractivity contribution in [1.29, 1.82) is 0 Å². The molecule has 0 spiro atoms. The number of ketones is 2. The van der Waals surface area contributed by atoms with Gasteiger partial charge in [-0.2, -0.15) is 0 Å². The van der Waals surface area contributed by atoms with Gasteiger partial charge in [0.25, 0.3) is 0 Å². The molecule has 6 rings (SSSR count). The standard InChI is InChI=1S/C25H25NO3.C15H18BrNO3/c1-25(2,3)29-24(28)26-13-12-23(27)21-16-18(9-11-22(21)26)14-17-8-10-19-6-4-5-7-20(19)15-17;1-15(2,3)20-14(19)17-7-6-13(18)11-8-10(9-16)4-5-12(11)17/h4-11,15-16H,12-14H2,1-3H3;4-5,8H,6-7,9H2,1-3H3. The third-order valence-electron chi connectivity index (χ3n) is 8.03.